The third kappa shape index (κ3) is 13.0. The minimum absolute atomic E-state index is 0.300. The Morgan fingerprint density at radius 3 is 1.94 bits per heavy atom. The zero-order valence-electron chi connectivity index (χ0n) is 18.2. The van der Waals surface area contributed by atoms with Gasteiger partial charge >= 0.3 is 0 Å². The topological polar surface area (TPSA) is 86.7 Å². The molecule has 0 atom stereocenters. The molecule has 31 heavy (non-hydrogen) atoms. The van der Waals surface area contributed by atoms with E-state index in [0.717, 1.165) is 0 Å². The molecule has 2 aromatic rings. The summed E-state index contributed by atoms with van der Waals surface area (Å²) in [6.45, 7) is 1.94. The van der Waals surface area contributed by atoms with Gasteiger partial charge in [-0.05, 0) is 36.4 Å². The molecule has 2 N–H and O–H groups in total. The Labute approximate surface area is 199 Å². The number of ether oxygens (including phenoxy) is 4. The van der Waals surface area contributed by atoms with Crippen LogP contribution in [0.5, 0.6) is 11.5 Å². The highest BCUT2D eigenvalue weighted by Crippen LogP contribution is 2.21. The predicted octanol–water partition coefficient (Wildman–Crippen LogP) is 4.82. The fourth-order valence-corrected chi connectivity index (χ4v) is 2.55. The average Bonchev–Trinajstić information content (AvgIpc) is 2.74. The van der Waals surface area contributed by atoms with Gasteiger partial charge in [-0.15, -0.1) is 0 Å². The molecule has 0 aliphatic rings. The number of hydrogen-bond acceptors (Lipinski definition) is 6. The maximum Gasteiger partial charge on any atom is 0.122 e. The van der Waals surface area contributed by atoms with E-state index < -0.39 is 7.15 Å². The number of methoxy groups -OCH3 is 2. The molecule has 0 saturated heterocycles. The van der Waals surface area contributed by atoms with Crippen molar-refractivity contribution in [2.45, 2.75) is 0 Å². The standard InChI is InChI=1S/C10H12ClNO2S.C10H10ClNO2.CH3F/c1-13-2-3-14-9-5-7(10(12)15)4-8(11)6-9;1-13-2-3-14-10-5-8(7-12)4-9(11)6-10;1-2/h4-6H,2-3H2,1H3,(H2,12,15);4-6H,2-3H2,1H3;1H3/i;;1D. The molecule has 6 nitrogen and oxygen atoms in total. The van der Waals surface area contributed by atoms with Gasteiger partial charge in [0.15, 0.2) is 0 Å². The summed E-state index contributed by atoms with van der Waals surface area (Å²) in [4.78, 5) is 0.300. The summed E-state index contributed by atoms with van der Waals surface area (Å²) in [7, 11) is 2.21. The number of hydrogen-bond donors (Lipinski definition) is 1. The lowest BCUT2D eigenvalue weighted by Gasteiger charge is -2.07. The smallest absolute Gasteiger partial charge is 0.122 e. The first-order valence-electron chi connectivity index (χ1n) is 9.41. The van der Waals surface area contributed by atoms with Crippen LogP contribution in [-0.2, 0) is 9.47 Å². The summed E-state index contributed by atoms with van der Waals surface area (Å²) in [5.41, 5.74) is 6.69. The summed E-state index contributed by atoms with van der Waals surface area (Å²) in [6, 6.07) is 12.1. The van der Waals surface area contributed by atoms with Gasteiger partial charge in [0.1, 0.15) is 29.7 Å². The van der Waals surface area contributed by atoms with Crippen LogP contribution in [0.15, 0.2) is 36.4 Å². The van der Waals surface area contributed by atoms with Crippen molar-refractivity contribution < 1.29 is 24.7 Å². The van der Waals surface area contributed by atoms with Gasteiger partial charge in [0, 0.05) is 29.8 Å². The van der Waals surface area contributed by atoms with E-state index in [2.05, 4.69) is 0 Å². The molecule has 0 unspecified atom stereocenters. The van der Waals surface area contributed by atoms with Crippen LogP contribution in [-0.4, -0.2) is 52.8 Å². The Kier molecular flexibility index (Phi) is 15.2. The van der Waals surface area contributed by atoms with Gasteiger partial charge in [0.05, 0.1) is 33.4 Å². The molecule has 170 valence electrons. The van der Waals surface area contributed by atoms with E-state index in [9.17, 15) is 4.39 Å². The van der Waals surface area contributed by atoms with E-state index >= 15 is 0 Å². The second-order valence-electron chi connectivity index (χ2n) is 5.51. The van der Waals surface area contributed by atoms with Crippen LogP contribution < -0.4 is 15.2 Å². The fourth-order valence-electron chi connectivity index (χ4n) is 1.98. The lowest BCUT2D eigenvalue weighted by molar-refractivity contribution is 0.146. The zero-order chi connectivity index (χ0) is 24.4. The van der Waals surface area contributed by atoms with Gasteiger partial charge in [-0.2, -0.15) is 5.26 Å². The molecule has 0 aliphatic carbocycles. The first-order valence-corrected chi connectivity index (χ1v) is 9.87. The van der Waals surface area contributed by atoms with Crippen LogP contribution in [0, 0.1) is 11.3 Å². The molecule has 0 amide bonds. The van der Waals surface area contributed by atoms with Crippen LogP contribution in [0.3, 0.4) is 0 Å². The van der Waals surface area contributed by atoms with Gasteiger partial charge < -0.3 is 24.7 Å². The first kappa shape index (κ1) is 26.9. The minimum Gasteiger partial charge on any atom is -0.491 e. The normalized spacial score (nSPS) is 9.74. The number of rotatable bonds is 9. The zero-order valence-corrected chi connectivity index (χ0v) is 19.5. The van der Waals surface area contributed by atoms with Crippen molar-refractivity contribution in [2.24, 2.45) is 5.73 Å². The van der Waals surface area contributed by atoms with Crippen molar-refractivity contribution in [3.63, 3.8) is 0 Å². The summed E-state index contributed by atoms with van der Waals surface area (Å²) in [5.74, 6) is 1.23. The van der Waals surface area contributed by atoms with Crippen LogP contribution in [0.4, 0.5) is 4.39 Å². The summed E-state index contributed by atoms with van der Waals surface area (Å²) in [5, 5.41) is 9.71. The lowest BCUT2D eigenvalue weighted by Crippen LogP contribution is -2.10. The molecular weight excluding hydrogens is 466 g/mol. The highest BCUT2D eigenvalue weighted by Gasteiger charge is 2.03. The molecule has 0 fully saturated rings. The Morgan fingerprint density at radius 2 is 1.48 bits per heavy atom. The van der Waals surface area contributed by atoms with Gasteiger partial charge in [-0.25, -0.2) is 0 Å². The number of thiocarbonyl (C=S) groups is 1. The lowest BCUT2D eigenvalue weighted by atomic mass is 10.2. The Hall–Kier alpha value is -2.15. The number of benzene rings is 2. The molecule has 0 heterocycles. The van der Waals surface area contributed by atoms with Crippen molar-refractivity contribution in [2.75, 3.05) is 47.8 Å². The second kappa shape index (κ2) is 17.5. The maximum atomic E-state index is 9.96. The van der Waals surface area contributed by atoms with Crippen LogP contribution in [0.25, 0.3) is 0 Å². The summed E-state index contributed by atoms with van der Waals surface area (Å²) < 4.78 is 35.9. The van der Waals surface area contributed by atoms with Crippen LogP contribution >= 0.6 is 35.4 Å². The highest BCUT2D eigenvalue weighted by molar-refractivity contribution is 7.80. The Morgan fingerprint density at radius 1 is 1.00 bits per heavy atom. The van der Waals surface area contributed by atoms with Gasteiger partial charge in [0.2, 0.25) is 0 Å². The van der Waals surface area contributed by atoms with Crippen molar-refractivity contribution in [1.29, 1.82) is 5.26 Å². The molecule has 0 aromatic heterocycles. The minimum atomic E-state index is -1.00. The van der Waals surface area contributed by atoms with Crippen LogP contribution in [0.1, 0.15) is 12.5 Å². The van der Waals surface area contributed by atoms with Crippen molar-refractivity contribution in [3.8, 4) is 17.6 Å². The van der Waals surface area contributed by atoms with E-state index in [1.807, 2.05) is 6.07 Å². The Bertz CT molecular complexity index is 872. The van der Waals surface area contributed by atoms with E-state index in [1.165, 1.54) is 0 Å². The highest BCUT2D eigenvalue weighted by atomic mass is 35.5. The average molecular weight is 492 g/mol. The van der Waals surface area contributed by atoms with Crippen molar-refractivity contribution in [1.82, 2.24) is 0 Å². The van der Waals surface area contributed by atoms with Crippen molar-refractivity contribution in [3.05, 3.63) is 57.6 Å². The molecular formula is C21H25Cl2FN2O4S. The molecule has 2 rings (SSSR count). The number of nitriles is 1. The molecule has 0 saturated carbocycles. The third-order valence-electron chi connectivity index (χ3n) is 3.27. The van der Waals surface area contributed by atoms with Gasteiger partial charge in [0.25, 0.3) is 0 Å². The summed E-state index contributed by atoms with van der Waals surface area (Å²) >= 11 is 16.5. The number of nitrogens with two attached hydrogens (primary N) is 1. The monoisotopic (exact) mass is 491 g/mol. The number of alkyl halides is 1. The number of halogens is 3. The molecule has 10 heteroatoms. The molecule has 0 spiro atoms. The third-order valence-corrected chi connectivity index (χ3v) is 3.94. The van der Waals surface area contributed by atoms with Crippen molar-refractivity contribution >= 4 is 40.4 Å². The van der Waals surface area contributed by atoms with Gasteiger partial charge in [-0.1, -0.05) is 35.4 Å². The van der Waals surface area contributed by atoms with Gasteiger partial charge in [-0.3, -0.25) is 4.39 Å². The SMILES string of the molecule is COCCOc1cc(Cl)cc(C#N)c1.COCCOc1cc(Cl)cc(C(N)=S)c1.[2H]CF. The van der Waals surface area contributed by atoms with E-state index in [4.69, 9.17) is 66.7 Å². The van der Waals surface area contributed by atoms with E-state index in [0.29, 0.717) is 64.1 Å². The van der Waals surface area contributed by atoms with E-state index in [-0.39, 0.29) is 0 Å². The Balaban J connectivity index is 0.000000536. The quantitative estimate of drug-likeness (QED) is 0.397. The molecule has 0 bridgehead atoms. The summed E-state index contributed by atoms with van der Waals surface area (Å²) in [6.07, 6.45) is 0. The molecule has 2 aromatic carbocycles. The molecule has 0 aliphatic heterocycles. The first-order chi connectivity index (χ1) is 15.3. The fraction of sp³-hybridized carbons (Fsp3) is 0.333. The number of nitrogens with zero attached hydrogens (tertiary/aromatic N) is 1. The predicted molar refractivity (Wildman–Crippen MR) is 125 cm³/mol. The maximum absolute atomic E-state index is 9.96. The largest absolute Gasteiger partial charge is 0.491 e. The molecule has 0 radical (unpaired) electrons. The van der Waals surface area contributed by atoms with Crippen LogP contribution in [0.2, 0.25) is 10.0 Å². The van der Waals surface area contributed by atoms with E-state index in [1.54, 1.807) is 50.6 Å². The second-order valence-corrected chi connectivity index (χ2v) is 6.82.